The van der Waals surface area contributed by atoms with Gasteiger partial charge in [0.25, 0.3) is 0 Å². The minimum atomic E-state index is -1.06. The Kier molecular flexibility index (Phi) is 4.24. The summed E-state index contributed by atoms with van der Waals surface area (Å²) in [6, 6.07) is 0. The molecule has 0 aliphatic rings. The summed E-state index contributed by atoms with van der Waals surface area (Å²) in [5, 5.41) is 0. The van der Waals surface area contributed by atoms with Crippen molar-refractivity contribution in [3.63, 3.8) is 0 Å². The van der Waals surface area contributed by atoms with Crippen LogP contribution in [0.4, 0.5) is 0 Å². The fourth-order valence-electron chi connectivity index (χ4n) is 1.37. The minimum Gasteiger partial charge on any atom is -0.301 e. The highest BCUT2D eigenvalue weighted by Gasteiger charge is 2.14. The molecule has 0 N–H and O–H groups in total. The minimum absolute atomic E-state index is 0.295. The zero-order valence-corrected chi connectivity index (χ0v) is 9.14. The van der Waals surface area contributed by atoms with Gasteiger partial charge in [0.1, 0.15) is 18.9 Å². The molecule has 0 aliphatic carbocycles. The lowest BCUT2D eigenvalue weighted by Crippen LogP contribution is -2.55. The molecule has 0 aliphatic heterocycles. The molecule has 0 amide bonds. The monoisotopic (exact) mass is 255 g/mol. The van der Waals surface area contributed by atoms with Crippen molar-refractivity contribution in [1.29, 1.82) is 0 Å². The van der Waals surface area contributed by atoms with E-state index >= 15 is 0 Å². The van der Waals surface area contributed by atoms with Crippen LogP contribution in [0.2, 0.25) is 0 Å². The molecule has 1 rings (SSSR count). The fourth-order valence-corrected chi connectivity index (χ4v) is 1.37. The summed E-state index contributed by atoms with van der Waals surface area (Å²) in [4.78, 5) is 66.1. The predicted molar refractivity (Wildman–Crippen MR) is 57.4 cm³/mol. The molecule has 1 heterocycles. The first-order valence-corrected chi connectivity index (χ1v) is 4.83. The lowest BCUT2D eigenvalue weighted by atomic mass is 10.6. The second-order valence-electron chi connectivity index (χ2n) is 3.18. The molecular formula is C9H9N3O6. The van der Waals surface area contributed by atoms with E-state index in [1.54, 1.807) is 0 Å². The smallest absolute Gasteiger partial charge is 0.301 e. The number of aldehydes is 3. The lowest BCUT2D eigenvalue weighted by Gasteiger charge is -2.08. The van der Waals surface area contributed by atoms with E-state index in [-0.39, 0.29) is 0 Å². The van der Waals surface area contributed by atoms with E-state index in [1.165, 1.54) is 0 Å². The standard InChI is InChI=1S/C9H9N3O6/c13-4-1-10-7(16)11(2-5-14)9(18)12(3-6-15)8(10)17/h4-6H,1-3H2. The number of carbonyl (C=O) groups excluding carboxylic acids is 3. The summed E-state index contributed by atoms with van der Waals surface area (Å²) in [6.07, 6.45) is 0.886. The van der Waals surface area contributed by atoms with Gasteiger partial charge in [-0.3, -0.25) is 0 Å². The van der Waals surface area contributed by atoms with Crippen molar-refractivity contribution in [3.8, 4) is 0 Å². The Labute approximate surface area is 98.9 Å². The Bertz CT molecular complexity index is 529. The number of carbonyl (C=O) groups is 3. The van der Waals surface area contributed by atoms with E-state index < -0.39 is 36.7 Å². The van der Waals surface area contributed by atoms with Crippen molar-refractivity contribution in [2.24, 2.45) is 0 Å². The summed E-state index contributed by atoms with van der Waals surface area (Å²) in [5.74, 6) is 0. The highest BCUT2D eigenvalue weighted by Crippen LogP contribution is 1.73. The molecule has 9 heteroatoms. The van der Waals surface area contributed by atoms with Crippen molar-refractivity contribution >= 4 is 18.9 Å². The highest BCUT2D eigenvalue weighted by atomic mass is 16.2. The van der Waals surface area contributed by atoms with Crippen molar-refractivity contribution in [2.75, 3.05) is 0 Å². The number of hydrogen-bond acceptors (Lipinski definition) is 6. The van der Waals surface area contributed by atoms with Crippen molar-refractivity contribution in [2.45, 2.75) is 19.6 Å². The Morgan fingerprint density at radius 3 is 1.00 bits per heavy atom. The summed E-state index contributed by atoms with van der Waals surface area (Å²) >= 11 is 0. The van der Waals surface area contributed by atoms with Crippen LogP contribution in [0.25, 0.3) is 0 Å². The third-order valence-electron chi connectivity index (χ3n) is 2.16. The van der Waals surface area contributed by atoms with E-state index in [9.17, 15) is 28.8 Å². The van der Waals surface area contributed by atoms with E-state index in [4.69, 9.17) is 0 Å². The molecule has 0 saturated carbocycles. The van der Waals surface area contributed by atoms with Crippen molar-refractivity contribution in [1.82, 2.24) is 13.7 Å². The molecule has 0 unspecified atom stereocenters. The third-order valence-corrected chi connectivity index (χ3v) is 2.16. The molecule has 1 aromatic heterocycles. The number of hydrogen-bond donors (Lipinski definition) is 0. The Balaban J connectivity index is 3.74. The predicted octanol–water partition coefficient (Wildman–Crippen LogP) is -3.23. The topological polar surface area (TPSA) is 117 Å². The first-order chi connectivity index (χ1) is 8.58. The zero-order valence-electron chi connectivity index (χ0n) is 9.14. The van der Waals surface area contributed by atoms with E-state index in [1.807, 2.05) is 0 Å². The SMILES string of the molecule is O=CCn1c(=O)n(CC=O)c(=O)n(CC=O)c1=O. The zero-order chi connectivity index (χ0) is 13.7. The molecule has 1 aromatic rings. The van der Waals surface area contributed by atoms with Crippen molar-refractivity contribution < 1.29 is 14.4 Å². The van der Waals surface area contributed by atoms with Gasteiger partial charge in [-0.25, -0.2) is 28.1 Å². The molecular weight excluding hydrogens is 246 g/mol. The van der Waals surface area contributed by atoms with Gasteiger partial charge in [0.05, 0.1) is 19.6 Å². The van der Waals surface area contributed by atoms with Gasteiger partial charge in [-0.1, -0.05) is 0 Å². The molecule has 0 bridgehead atoms. The summed E-state index contributed by atoms with van der Waals surface area (Å²) < 4.78 is 1.42. The van der Waals surface area contributed by atoms with Crippen LogP contribution in [-0.4, -0.2) is 32.6 Å². The largest absolute Gasteiger partial charge is 0.337 e. The molecule has 0 aromatic carbocycles. The summed E-state index contributed by atoms with van der Waals surface area (Å²) in [6.45, 7) is -1.68. The summed E-state index contributed by atoms with van der Waals surface area (Å²) in [7, 11) is 0. The molecule has 96 valence electrons. The average molecular weight is 255 g/mol. The Morgan fingerprint density at radius 1 is 0.611 bits per heavy atom. The van der Waals surface area contributed by atoms with E-state index in [2.05, 4.69) is 0 Å². The average Bonchev–Trinajstić information content (AvgIpc) is 2.35. The molecule has 0 spiro atoms. The second kappa shape index (κ2) is 5.66. The maximum absolute atomic E-state index is 11.7. The van der Waals surface area contributed by atoms with Crippen LogP contribution in [0, 0.1) is 0 Å². The van der Waals surface area contributed by atoms with Gasteiger partial charge in [-0.2, -0.15) is 0 Å². The van der Waals surface area contributed by atoms with Gasteiger partial charge in [0.2, 0.25) is 0 Å². The molecule has 0 atom stereocenters. The molecule has 0 radical (unpaired) electrons. The number of aromatic nitrogens is 3. The molecule has 0 saturated heterocycles. The quantitative estimate of drug-likeness (QED) is 0.493. The maximum Gasteiger partial charge on any atom is 0.337 e. The first kappa shape index (κ1) is 13.5. The van der Waals surface area contributed by atoms with Crippen molar-refractivity contribution in [3.05, 3.63) is 31.5 Å². The Hall–Kier alpha value is -2.58. The normalized spacial score (nSPS) is 10.0. The molecule has 9 nitrogen and oxygen atoms in total. The molecule has 0 fully saturated rings. The highest BCUT2D eigenvalue weighted by molar-refractivity contribution is 5.50. The van der Waals surface area contributed by atoms with Crippen LogP contribution in [0.1, 0.15) is 0 Å². The third kappa shape index (κ3) is 2.24. The van der Waals surface area contributed by atoms with Gasteiger partial charge < -0.3 is 14.4 Å². The number of nitrogens with zero attached hydrogens (tertiary/aromatic N) is 3. The number of rotatable bonds is 6. The van der Waals surface area contributed by atoms with Gasteiger partial charge in [-0.15, -0.1) is 0 Å². The van der Waals surface area contributed by atoms with Crippen LogP contribution in [0.15, 0.2) is 14.4 Å². The molecule has 18 heavy (non-hydrogen) atoms. The van der Waals surface area contributed by atoms with E-state index in [0.717, 1.165) is 0 Å². The van der Waals surface area contributed by atoms with Gasteiger partial charge in [0.15, 0.2) is 0 Å². The maximum atomic E-state index is 11.7. The van der Waals surface area contributed by atoms with Crippen LogP contribution in [-0.2, 0) is 34.0 Å². The van der Waals surface area contributed by atoms with Gasteiger partial charge in [0, 0.05) is 0 Å². The summed E-state index contributed by atoms with van der Waals surface area (Å²) in [5.41, 5.74) is -3.19. The Morgan fingerprint density at radius 2 is 0.833 bits per heavy atom. The fraction of sp³-hybridized carbons (Fsp3) is 0.333. The van der Waals surface area contributed by atoms with Crippen LogP contribution in [0.5, 0.6) is 0 Å². The van der Waals surface area contributed by atoms with Gasteiger partial charge >= 0.3 is 17.1 Å². The first-order valence-electron chi connectivity index (χ1n) is 4.83. The van der Waals surface area contributed by atoms with Gasteiger partial charge in [-0.05, 0) is 0 Å². The van der Waals surface area contributed by atoms with Crippen LogP contribution < -0.4 is 17.1 Å². The lowest BCUT2D eigenvalue weighted by molar-refractivity contribution is -0.108. The second-order valence-corrected chi connectivity index (χ2v) is 3.18. The van der Waals surface area contributed by atoms with E-state index in [0.29, 0.717) is 32.6 Å². The van der Waals surface area contributed by atoms with Crippen LogP contribution in [0.3, 0.4) is 0 Å². The van der Waals surface area contributed by atoms with Crippen LogP contribution >= 0.6 is 0 Å².